The van der Waals surface area contributed by atoms with Gasteiger partial charge in [0, 0.05) is 11.1 Å². The highest BCUT2D eigenvalue weighted by Gasteiger charge is 2.41. The second kappa shape index (κ2) is 7.84. The van der Waals surface area contributed by atoms with E-state index in [0.717, 1.165) is 28.0 Å². The molecule has 0 radical (unpaired) electrons. The number of rotatable bonds is 5. The maximum absolute atomic E-state index is 13.1. The molecule has 1 atom stereocenters. The monoisotopic (exact) mass is 385 g/mol. The molecule has 0 aromatic heterocycles. The highest BCUT2D eigenvalue weighted by molar-refractivity contribution is 6.05. The lowest BCUT2D eigenvalue weighted by Crippen LogP contribution is -2.30. The predicted molar refractivity (Wildman–Crippen MR) is 113 cm³/mol. The zero-order valence-corrected chi connectivity index (χ0v) is 16.5. The third-order valence-corrected chi connectivity index (χ3v) is 5.31. The van der Waals surface area contributed by atoms with Gasteiger partial charge in [0.2, 0.25) is 0 Å². The Morgan fingerprint density at radius 1 is 0.931 bits per heavy atom. The molecule has 0 fully saturated rings. The molecule has 3 aromatic carbocycles. The normalized spacial score (nSPS) is 16.4. The number of hydrogen-bond donors (Lipinski definition) is 1. The van der Waals surface area contributed by atoms with E-state index >= 15 is 0 Å². The second-order valence-corrected chi connectivity index (χ2v) is 7.19. The molecule has 1 amide bonds. The van der Waals surface area contributed by atoms with Crippen LogP contribution in [0.25, 0.3) is 5.57 Å². The molecule has 1 aliphatic heterocycles. The van der Waals surface area contributed by atoms with Gasteiger partial charge in [0.15, 0.2) is 5.76 Å². The summed E-state index contributed by atoms with van der Waals surface area (Å²) < 4.78 is 5.47. The van der Waals surface area contributed by atoms with Crippen molar-refractivity contribution in [2.24, 2.45) is 0 Å². The van der Waals surface area contributed by atoms with Crippen LogP contribution in [-0.4, -0.2) is 23.0 Å². The molecule has 0 saturated heterocycles. The van der Waals surface area contributed by atoms with E-state index in [0.29, 0.717) is 12.1 Å². The van der Waals surface area contributed by atoms with Gasteiger partial charge in [-0.15, -0.1) is 0 Å². The van der Waals surface area contributed by atoms with Crippen LogP contribution < -0.4 is 4.74 Å². The summed E-state index contributed by atoms with van der Waals surface area (Å²) >= 11 is 0. The summed E-state index contributed by atoms with van der Waals surface area (Å²) in [5.41, 5.74) is 4.45. The van der Waals surface area contributed by atoms with E-state index in [9.17, 15) is 9.90 Å². The summed E-state index contributed by atoms with van der Waals surface area (Å²) in [6, 6.07) is 25.0. The highest BCUT2D eigenvalue weighted by Crippen LogP contribution is 2.44. The van der Waals surface area contributed by atoms with Crippen LogP contribution in [0.2, 0.25) is 0 Å². The highest BCUT2D eigenvalue weighted by atomic mass is 16.5. The Labute approximate surface area is 170 Å². The van der Waals surface area contributed by atoms with Crippen LogP contribution in [0.5, 0.6) is 5.75 Å². The number of carbonyl (C=O) groups excluding carboxylic acids is 1. The van der Waals surface area contributed by atoms with Crippen molar-refractivity contribution in [1.29, 1.82) is 0 Å². The number of nitrogens with zero attached hydrogens (tertiary/aromatic N) is 1. The molecule has 0 unspecified atom stereocenters. The number of aliphatic hydroxyl groups excluding tert-OH is 1. The van der Waals surface area contributed by atoms with Crippen molar-refractivity contribution in [3.8, 4) is 5.75 Å². The van der Waals surface area contributed by atoms with Crippen LogP contribution >= 0.6 is 0 Å². The molecule has 1 N–H and O–H groups in total. The number of aliphatic hydroxyl groups is 1. The average molecular weight is 385 g/mol. The number of methoxy groups -OCH3 is 1. The molecule has 0 bridgehead atoms. The third-order valence-electron chi connectivity index (χ3n) is 5.31. The number of para-hydroxylation sites is 1. The average Bonchev–Trinajstić information content (AvgIpc) is 3.00. The topological polar surface area (TPSA) is 49.8 Å². The first kappa shape index (κ1) is 18.8. The second-order valence-electron chi connectivity index (χ2n) is 7.19. The van der Waals surface area contributed by atoms with Crippen LogP contribution in [0.15, 0.2) is 84.6 Å². The number of benzene rings is 3. The van der Waals surface area contributed by atoms with E-state index in [2.05, 4.69) is 0 Å². The number of amides is 1. The van der Waals surface area contributed by atoms with Crippen LogP contribution in [0.3, 0.4) is 0 Å². The van der Waals surface area contributed by atoms with Gasteiger partial charge < -0.3 is 14.7 Å². The zero-order valence-electron chi connectivity index (χ0n) is 16.5. The zero-order chi connectivity index (χ0) is 20.4. The van der Waals surface area contributed by atoms with Crippen LogP contribution in [0.1, 0.15) is 28.3 Å². The minimum Gasteiger partial charge on any atom is -0.503 e. The Kier molecular flexibility index (Phi) is 5.09. The maximum Gasteiger partial charge on any atom is 0.290 e. The van der Waals surface area contributed by atoms with Crippen LogP contribution in [0, 0.1) is 6.92 Å². The quantitative estimate of drug-likeness (QED) is 0.668. The summed E-state index contributed by atoms with van der Waals surface area (Å²) in [6.07, 6.45) is 0. The number of ether oxygens (including phenoxy) is 1. The van der Waals surface area contributed by atoms with Gasteiger partial charge in [-0.2, -0.15) is 0 Å². The number of carbonyl (C=O) groups is 1. The van der Waals surface area contributed by atoms with Gasteiger partial charge in [-0.1, -0.05) is 78.4 Å². The van der Waals surface area contributed by atoms with E-state index in [4.69, 9.17) is 4.74 Å². The molecular formula is C25H23NO3. The number of hydrogen-bond acceptors (Lipinski definition) is 3. The first-order valence-corrected chi connectivity index (χ1v) is 9.58. The van der Waals surface area contributed by atoms with Gasteiger partial charge in [-0.25, -0.2) is 0 Å². The lowest BCUT2D eigenvalue weighted by atomic mass is 9.93. The fourth-order valence-electron chi connectivity index (χ4n) is 3.84. The molecule has 0 spiro atoms. The van der Waals surface area contributed by atoms with E-state index < -0.39 is 0 Å². The smallest absolute Gasteiger partial charge is 0.290 e. The molecule has 4 heteroatoms. The van der Waals surface area contributed by atoms with E-state index in [1.807, 2.05) is 85.8 Å². The van der Waals surface area contributed by atoms with E-state index in [1.165, 1.54) is 0 Å². The fraction of sp³-hybridized carbons (Fsp3) is 0.160. The van der Waals surface area contributed by atoms with Gasteiger partial charge in [0.1, 0.15) is 5.75 Å². The summed E-state index contributed by atoms with van der Waals surface area (Å²) in [7, 11) is 1.62. The Hall–Kier alpha value is -3.53. The van der Waals surface area contributed by atoms with Crippen molar-refractivity contribution < 1.29 is 14.6 Å². The summed E-state index contributed by atoms with van der Waals surface area (Å²) in [5, 5.41) is 10.8. The van der Waals surface area contributed by atoms with Crippen LogP contribution in [0.4, 0.5) is 0 Å². The molecule has 1 heterocycles. The van der Waals surface area contributed by atoms with Gasteiger partial charge in [0.25, 0.3) is 5.91 Å². The summed E-state index contributed by atoms with van der Waals surface area (Å²) in [6.45, 7) is 2.35. The standard InChI is InChI=1S/C25H23NO3/c1-17-12-14-18(15-13-17)22-23(19-8-4-3-5-9-19)26(25(28)24(22)27)16-20-10-6-7-11-21(20)29-2/h3-15,23,27H,16H2,1-2H3/t23-/m0/s1. The third kappa shape index (κ3) is 3.49. The number of aryl methyl sites for hydroxylation is 1. The lowest BCUT2D eigenvalue weighted by molar-refractivity contribution is -0.130. The Morgan fingerprint density at radius 3 is 2.28 bits per heavy atom. The van der Waals surface area contributed by atoms with E-state index in [-0.39, 0.29) is 17.7 Å². The molecule has 3 aromatic rings. The Balaban J connectivity index is 1.81. The molecule has 4 rings (SSSR count). The van der Waals surface area contributed by atoms with Crippen LogP contribution in [-0.2, 0) is 11.3 Å². The summed E-state index contributed by atoms with van der Waals surface area (Å²) in [4.78, 5) is 14.8. The Bertz CT molecular complexity index is 1050. The van der Waals surface area contributed by atoms with Gasteiger partial charge in [-0.05, 0) is 24.1 Å². The first-order valence-electron chi connectivity index (χ1n) is 9.58. The van der Waals surface area contributed by atoms with Crippen molar-refractivity contribution in [2.45, 2.75) is 19.5 Å². The predicted octanol–water partition coefficient (Wildman–Crippen LogP) is 5.06. The maximum atomic E-state index is 13.1. The molecule has 0 aliphatic carbocycles. The molecule has 1 aliphatic rings. The van der Waals surface area contributed by atoms with Crippen molar-refractivity contribution in [2.75, 3.05) is 7.11 Å². The lowest BCUT2D eigenvalue weighted by Gasteiger charge is -2.28. The molecule has 4 nitrogen and oxygen atoms in total. The summed E-state index contributed by atoms with van der Waals surface area (Å²) in [5.74, 6) is 0.147. The largest absolute Gasteiger partial charge is 0.503 e. The Morgan fingerprint density at radius 2 is 1.59 bits per heavy atom. The van der Waals surface area contributed by atoms with Gasteiger partial charge in [-0.3, -0.25) is 4.79 Å². The molecule has 146 valence electrons. The van der Waals surface area contributed by atoms with Crippen molar-refractivity contribution in [3.63, 3.8) is 0 Å². The molecular weight excluding hydrogens is 362 g/mol. The SMILES string of the molecule is COc1ccccc1CN1C(=O)C(O)=C(c2ccc(C)cc2)[C@@H]1c1ccccc1. The minimum absolute atomic E-state index is 0.197. The van der Waals surface area contributed by atoms with Gasteiger partial charge in [0.05, 0.1) is 19.7 Å². The fourth-order valence-corrected chi connectivity index (χ4v) is 3.84. The van der Waals surface area contributed by atoms with Crippen molar-refractivity contribution in [1.82, 2.24) is 4.90 Å². The van der Waals surface area contributed by atoms with Crippen molar-refractivity contribution in [3.05, 3.63) is 107 Å². The first-order chi connectivity index (χ1) is 14.1. The minimum atomic E-state index is -0.378. The van der Waals surface area contributed by atoms with E-state index in [1.54, 1.807) is 12.0 Å². The van der Waals surface area contributed by atoms with Gasteiger partial charge >= 0.3 is 0 Å². The molecule has 29 heavy (non-hydrogen) atoms. The molecule has 0 saturated carbocycles. The van der Waals surface area contributed by atoms with Crippen molar-refractivity contribution >= 4 is 11.5 Å².